The number of hydrogen-bond donors (Lipinski definition) is 0. The molecule has 3 rings (SSSR count). The maximum absolute atomic E-state index is 13.5. The van der Waals surface area contributed by atoms with Crippen LogP contribution in [0.25, 0.3) is 6.08 Å². The SMILES string of the molecule is CCCCCCCC1CCC(CCC2=Cc3cc(F)c(F)cc3CC2)CC1. The Morgan fingerprint density at radius 2 is 1.48 bits per heavy atom. The smallest absolute Gasteiger partial charge is 0.159 e. The molecule has 0 nitrogen and oxygen atoms in total. The topological polar surface area (TPSA) is 0 Å². The van der Waals surface area contributed by atoms with Gasteiger partial charge in [-0.25, -0.2) is 8.78 Å². The van der Waals surface area contributed by atoms with Crippen molar-refractivity contribution in [2.75, 3.05) is 0 Å². The van der Waals surface area contributed by atoms with E-state index in [-0.39, 0.29) is 0 Å². The molecule has 0 heterocycles. The Labute approximate surface area is 164 Å². The van der Waals surface area contributed by atoms with Crippen molar-refractivity contribution in [1.82, 2.24) is 0 Å². The van der Waals surface area contributed by atoms with E-state index in [1.54, 1.807) is 0 Å². The second-order valence-electron chi connectivity index (χ2n) is 8.90. The zero-order valence-electron chi connectivity index (χ0n) is 17.0. The van der Waals surface area contributed by atoms with Crippen LogP contribution in [-0.2, 0) is 6.42 Å². The molecule has 150 valence electrons. The zero-order valence-corrected chi connectivity index (χ0v) is 17.0. The summed E-state index contributed by atoms with van der Waals surface area (Å²) in [5.41, 5.74) is 3.27. The molecule has 0 unspecified atom stereocenters. The molecule has 0 bridgehead atoms. The summed E-state index contributed by atoms with van der Waals surface area (Å²) in [6.07, 6.45) is 20.4. The first-order valence-electron chi connectivity index (χ1n) is 11.3. The van der Waals surface area contributed by atoms with Crippen LogP contribution in [0, 0.1) is 23.5 Å². The van der Waals surface area contributed by atoms with Crippen molar-refractivity contribution in [2.24, 2.45) is 11.8 Å². The first-order chi connectivity index (χ1) is 13.2. The summed E-state index contributed by atoms with van der Waals surface area (Å²) in [5.74, 6) is 0.405. The van der Waals surface area contributed by atoms with Gasteiger partial charge in [0, 0.05) is 0 Å². The Hall–Kier alpha value is -1.18. The summed E-state index contributed by atoms with van der Waals surface area (Å²) >= 11 is 0. The van der Waals surface area contributed by atoms with Gasteiger partial charge in [-0.3, -0.25) is 0 Å². The fourth-order valence-electron chi connectivity index (χ4n) is 4.97. The lowest BCUT2D eigenvalue weighted by molar-refractivity contribution is 0.248. The quantitative estimate of drug-likeness (QED) is 0.382. The molecule has 0 atom stereocenters. The van der Waals surface area contributed by atoms with Crippen LogP contribution < -0.4 is 0 Å². The molecule has 0 aliphatic heterocycles. The second-order valence-corrected chi connectivity index (χ2v) is 8.90. The van der Waals surface area contributed by atoms with Gasteiger partial charge in [-0.15, -0.1) is 0 Å². The number of unbranched alkanes of at least 4 members (excludes halogenated alkanes) is 4. The van der Waals surface area contributed by atoms with Gasteiger partial charge in [0.2, 0.25) is 0 Å². The van der Waals surface area contributed by atoms with Crippen molar-refractivity contribution in [3.63, 3.8) is 0 Å². The average molecular weight is 375 g/mol. The maximum atomic E-state index is 13.5. The Morgan fingerprint density at radius 3 is 2.22 bits per heavy atom. The number of aryl methyl sites for hydroxylation is 1. The van der Waals surface area contributed by atoms with Crippen LogP contribution >= 0.6 is 0 Å². The molecule has 2 aliphatic rings. The molecule has 1 aromatic rings. The van der Waals surface area contributed by atoms with Gasteiger partial charge in [-0.05, 0) is 60.8 Å². The summed E-state index contributed by atoms with van der Waals surface area (Å²) < 4.78 is 26.9. The summed E-state index contributed by atoms with van der Waals surface area (Å²) in [6.45, 7) is 2.28. The van der Waals surface area contributed by atoms with Crippen LogP contribution in [0.15, 0.2) is 17.7 Å². The highest BCUT2D eigenvalue weighted by Gasteiger charge is 2.21. The Balaban J connectivity index is 1.38. The predicted octanol–water partition coefficient (Wildman–Crippen LogP) is 8.24. The van der Waals surface area contributed by atoms with Crippen molar-refractivity contribution in [3.05, 3.63) is 40.5 Å². The van der Waals surface area contributed by atoms with Gasteiger partial charge in [0.1, 0.15) is 0 Å². The monoisotopic (exact) mass is 374 g/mol. The van der Waals surface area contributed by atoms with Crippen LogP contribution in [0.1, 0.15) is 102 Å². The van der Waals surface area contributed by atoms with Crippen LogP contribution in [0.4, 0.5) is 8.78 Å². The van der Waals surface area contributed by atoms with E-state index < -0.39 is 11.6 Å². The van der Waals surface area contributed by atoms with E-state index in [9.17, 15) is 8.78 Å². The largest absolute Gasteiger partial charge is 0.204 e. The van der Waals surface area contributed by atoms with E-state index in [1.165, 1.54) is 88.3 Å². The maximum Gasteiger partial charge on any atom is 0.159 e. The number of halogens is 2. The van der Waals surface area contributed by atoms with Crippen molar-refractivity contribution in [2.45, 2.75) is 96.8 Å². The minimum atomic E-state index is -0.723. The minimum absolute atomic E-state index is 0.715. The van der Waals surface area contributed by atoms with Gasteiger partial charge in [0.05, 0.1) is 0 Å². The van der Waals surface area contributed by atoms with Gasteiger partial charge in [0.25, 0.3) is 0 Å². The van der Waals surface area contributed by atoms with Gasteiger partial charge >= 0.3 is 0 Å². The highest BCUT2D eigenvalue weighted by Crippen LogP contribution is 2.36. The van der Waals surface area contributed by atoms with E-state index in [1.807, 2.05) is 0 Å². The summed E-state index contributed by atoms with van der Waals surface area (Å²) in [5, 5.41) is 0. The van der Waals surface area contributed by atoms with Crippen molar-refractivity contribution in [3.8, 4) is 0 Å². The van der Waals surface area contributed by atoms with E-state index in [0.717, 1.165) is 42.2 Å². The lowest BCUT2D eigenvalue weighted by atomic mass is 9.77. The molecule has 0 N–H and O–H groups in total. The fraction of sp³-hybridized carbons (Fsp3) is 0.680. The summed E-state index contributed by atoms with van der Waals surface area (Å²) in [7, 11) is 0. The molecule has 0 aromatic heterocycles. The molecule has 1 saturated carbocycles. The van der Waals surface area contributed by atoms with Gasteiger partial charge in [0.15, 0.2) is 11.6 Å². The zero-order chi connectivity index (χ0) is 19.1. The van der Waals surface area contributed by atoms with Crippen LogP contribution in [0.2, 0.25) is 0 Å². The second kappa shape index (κ2) is 10.4. The summed E-state index contributed by atoms with van der Waals surface area (Å²) in [4.78, 5) is 0. The van der Waals surface area contributed by atoms with E-state index in [0.29, 0.717) is 0 Å². The summed E-state index contributed by atoms with van der Waals surface area (Å²) in [6, 6.07) is 2.75. The van der Waals surface area contributed by atoms with Crippen LogP contribution in [0.5, 0.6) is 0 Å². The van der Waals surface area contributed by atoms with Gasteiger partial charge in [-0.1, -0.05) is 82.8 Å². The van der Waals surface area contributed by atoms with Crippen molar-refractivity contribution < 1.29 is 8.78 Å². The van der Waals surface area contributed by atoms with E-state index in [2.05, 4.69) is 13.0 Å². The average Bonchev–Trinajstić information content (AvgIpc) is 2.68. The molecule has 2 heteroatoms. The first-order valence-corrected chi connectivity index (χ1v) is 11.3. The molecule has 0 saturated heterocycles. The Kier molecular flexibility index (Phi) is 7.91. The molecular formula is C25H36F2. The number of allylic oxidation sites excluding steroid dienone is 1. The Bertz CT molecular complexity index is 623. The molecule has 0 spiro atoms. The number of benzene rings is 1. The third kappa shape index (κ3) is 6.16. The molecule has 0 amide bonds. The normalized spacial score (nSPS) is 22.4. The third-order valence-electron chi connectivity index (χ3n) is 6.81. The standard InChI is InChI=1S/C25H36F2/c1-2-3-4-5-6-7-19-8-10-20(11-9-19)12-13-21-14-15-22-17-24(26)25(27)18-23(22)16-21/h16-20H,2-15H2,1H3. The molecule has 1 aromatic carbocycles. The number of hydrogen-bond acceptors (Lipinski definition) is 0. The first kappa shape index (κ1) is 20.6. The highest BCUT2D eigenvalue weighted by molar-refractivity contribution is 5.59. The lowest BCUT2D eigenvalue weighted by Gasteiger charge is -2.29. The van der Waals surface area contributed by atoms with Crippen molar-refractivity contribution >= 4 is 6.08 Å². The van der Waals surface area contributed by atoms with Crippen molar-refractivity contribution in [1.29, 1.82) is 0 Å². The number of rotatable bonds is 9. The molecule has 1 fully saturated rings. The number of fused-ring (bicyclic) bond motifs is 1. The minimum Gasteiger partial charge on any atom is -0.204 e. The molecule has 27 heavy (non-hydrogen) atoms. The third-order valence-corrected chi connectivity index (χ3v) is 6.81. The predicted molar refractivity (Wildman–Crippen MR) is 111 cm³/mol. The molecule has 0 radical (unpaired) electrons. The fourth-order valence-corrected chi connectivity index (χ4v) is 4.97. The van der Waals surface area contributed by atoms with Crippen LogP contribution in [-0.4, -0.2) is 0 Å². The van der Waals surface area contributed by atoms with E-state index >= 15 is 0 Å². The molecular weight excluding hydrogens is 338 g/mol. The van der Waals surface area contributed by atoms with E-state index in [4.69, 9.17) is 0 Å². The lowest BCUT2D eigenvalue weighted by Crippen LogP contribution is -2.15. The Morgan fingerprint density at radius 1 is 0.815 bits per heavy atom. The van der Waals surface area contributed by atoms with Gasteiger partial charge in [-0.2, -0.15) is 0 Å². The highest BCUT2D eigenvalue weighted by atomic mass is 19.2. The van der Waals surface area contributed by atoms with Crippen LogP contribution in [0.3, 0.4) is 0 Å². The molecule has 2 aliphatic carbocycles. The van der Waals surface area contributed by atoms with Gasteiger partial charge < -0.3 is 0 Å².